The normalized spacial score (nSPS) is 11.4. The third kappa shape index (κ3) is 3.78. The van der Waals surface area contributed by atoms with Crippen molar-refractivity contribution >= 4 is 54.5 Å². The molecule has 0 aromatic heterocycles. The molecule has 0 nitrogen and oxygen atoms in total. The van der Waals surface area contributed by atoms with Crippen LogP contribution in [-0.4, -0.2) is 0 Å². The summed E-state index contributed by atoms with van der Waals surface area (Å²) in [5.41, 5.74) is -0.430. The van der Waals surface area contributed by atoms with E-state index in [-0.39, 0.29) is 0 Å². The van der Waals surface area contributed by atoms with Gasteiger partial charge in [0.05, 0.1) is 0 Å². The smallest absolute Gasteiger partial charge is 0.0264 e. The second-order valence-corrected chi connectivity index (χ2v) is 15.4. The molecule has 0 spiro atoms. The first-order valence-electron chi connectivity index (χ1n) is 5.25. The zero-order valence-electron chi connectivity index (χ0n) is 9.63. The maximum atomic E-state index is 5.29. The third-order valence-electron chi connectivity index (χ3n) is 2.40. The number of hydrogen-bond acceptors (Lipinski definition) is 3. The van der Waals surface area contributed by atoms with Gasteiger partial charge in [0, 0.05) is 29.5 Å². The molecule has 0 saturated carbocycles. The Labute approximate surface area is 129 Å². The highest BCUT2D eigenvalue weighted by molar-refractivity contribution is 9.56. The molecule has 0 radical (unpaired) electrons. The largest absolute Gasteiger partial charge is 0.0898 e. The van der Waals surface area contributed by atoms with Crippen molar-refractivity contribution in [2.45, 2.75) is 21.6 Å². The second-order valence-electron chi connectivity index (χ2n) is 3.78. The molecule has 0 aliphatic heterocycles. The van der Waals surface area contributed by atoms with Gasteiger partial charge in [0.2, 0.25) is 0 Å². The lowest BCUT2D eigenvalue weighted by Gasteiger charge is -2.08. The summed E-state index contributed by atoms with van der Waals surface area (Å²) < 4.78 is 0. The van der Waals surface area contributed by atoms with Crippen molar-refractivity contribution in [3.63, 3.8) is 0 Å². The lowest BCUT2D eigenvalue weighted by atomic mass is 10.2. The van der Waals surface area contributed by atoms with Crippen LogP contribution in [0, 0.1) is 6.92 Å². The summed E-state index contributed by atoms with van der Waals surface area (Å²) in [6.45, 7) is 2.09. The topological polar surface area (TPSA) is 0 Å². The molecule has 0 bridgehead atoms. The number of halogens is 1. The molecule has 0 heterocycles. The lowest BCUT2D eigenvalue weighted by molar-refractivity contribution is 1.24. The molecule has 0 fully saturated rings. The average molecular weight is 375 g/mol. The molecular formula is C13H11BrS4. The predicted octanol–water partition coefficient (Wildman–Crippen LogP) is 4.89. The zero-order valence-corrected chi connectivity index (χ0v) is 14.5. The van der Waals surface area contributed by atoms with Crippen LogP contribution in [0.1, 0.15) is 5.56 Å². The van der Waals surface area contributed by atoms with Gasteiger partial charge < -0.3 is 0 Å². The summed E-state index contributed by atoms with van der Waals surface area (Å²) in [5.74, 6) is 0. The van der Waals surface area contributed by atoms with E-state index in [1.807, 2.05) is 24.3 Å². The van der Waals surface area contributed by atoms with Gasteiger partial charge in [-0.1, -0.05) is 30.0 Å². The van der Waals surface area contributed by atoms with E-state index in [9.17, 15) is 0 Å². The summed E-state index contributed by atoms with van der Waals surface area (Å²) in [6.07, 6.45) is 0. The molecule has 0 saturated heterocycles. The fourth-order valence-corrected chi connectivity index (χ4v) is 4.18. The minimum atomic E-state index is -1.65. The van der Waals surface area contributed by atoms with Gasteiger partial charge in [-0.2, -0.15) is 0 Å². The van der Waals surface area contributed by atoms with Gasteiger partial charge in [-0.25, -0.2) is 0 Å². The third-order valence-corrected chi connectivity index (χ3v) is 6.68. The van der Waals surface area contributed by atoms with E-state index < -0.39 is 5.58 Å². The van der Waals surface area contributed by atoms with Crippen LogP contribution in [0.5, 0.6) is 0 Å². The Morgan fingerprint density at radius 3 is 2.28 bits per heavy atom. The number of hydrogen-bond donors (Lipinski definition) is 0. The molecule has 94 valence electrons. The highest BCUT2D eigenvalue weighted by Crippen LogP contribution is 2.32. The van der Waals surface area contributed by atoms with Crippen molar-refractivity contribution < 1.29 is 0 Å². The average Bonchev–Trinajstić information content (AvgIpc) is 2.32. The molecule has 0 unspecified atom stereocenters. The highest BCUT2D eigenvalue weighted by Gasteiger charge is 2.06. The van der Waals surface area contributed by atoms with Gasteiger partial charge in [0.25, 0.3) is 0 Å². The Morgan fingerprint density at radius 2 is 1.72 bits per heavy atom. The SMILES string of the molecule is Cc1cc(S(=S)(=S)Br)ccc1Sc1ccccc1. The molecule has 2 rings (SSSR count). The molecule has 2 aromatic rings. The van der Waals surface area contributed by atoms with Crippen LogP contribution in [0.4, 0.5) is 0 Å². The van der Waals surface area contributed by atoms with Gasteiger partial charge in [-0.3, -0.25) is 0 Å². The van der Waals surface area contributed by atoms with E-state index in [2.05, 4.69) is 46.0 Å². The quantitative estimate of drug-likeness (QED) is 0.701. The van der Waals surface area contributed by atoms with Gasteiger partial charge in [-0.05, 0) is 70.8 Å². The number of aryl methyl sites for hydroxylation is 1. The lowest BCUT2D eigenvalue weighted by Crippen LogP contribution is -1.89. The minimum absolute atomic E-state index is 1.03. The summed E-state index contributed by atoms with van der Waals surface area (Å²) >= 11 is 15.8. The van der Waals surface area contributed by atoms with E-state index >= 15 is 0 Å². The highest BCUT2D eigenvalue weighted by atomic mass is 79.9. The summed E-state index contributed by atoms with van der Waals surface area (Å²) in [6, 6.07) is 16.6. The maximum absolute atomic E-state index is 5.29. The van der Waals surface area contributed by atoms with Gasteiger partial charge in [0.15, 0.2) is 0 Å². The second kappa shape index (κ2) is 6.01. The molecular weight excluding hydrogens is 364 g/mol. The maximum Gasteiger partial charge on any atom is 0.0264 e. The standard InChI is InChI=1S/C13H11BrS4/c1-10-9-12(18(14,15)16)7-8-13(10)17-11-5-3-2-4-6-11/h2-9H,1H3. The van der Waals surface area contributed by atoms with E-state index in [4.69, 9.17) is 22.4 Å². The molecule has 0 aliphatic carbocycles. The minimum Gasteiger partial charge on any atom is -0.0898 e. The van der Waals surface area contributed by atoms with Crippen LogP contribution < -0.4 is 0 Å². The Kier molecular flexibility index (Phi) is 4.83. The van der Waals surface area contributed by atoms with Crippen LogP contribution in [-0.2, 0) is 28.0 Å². The molecule has 5 heteroatoms. The first-order valence-corrected chi connectivity index (χ1v) is 11.4. The molecule has 0 N–H and O–H groups in total. The van der Waals surface area contributed by atoms with E-state index in [0.717, 1.165) is 4.90 Å². The van der Waals surface area contributed by atoms with Crippen molar-refractivity contribution in [2.24, 2.45) is 0 Å². The molecule has 18 heavy (non-hydrogen) atoms. The van der Waals surface area contributed by atoms with Crippen molar-refractivity contribution in [3.8, 4) is 0 Å². The zero-order chi connectivity index (χ0) is 13.2. The molecule has 0 atom stereocenters. The Bertz CT molecular complexity index is 648. The van der Waals surface area contributed by atoms with E-state index in [1.54, 1.807) is 11.8 Å². The first-order chi connectivity index (χ1) is 8.47. The van der Waals surface area contributed by atoms with Crippen LogP contribution in [0.15, 0.2) is 63.2 Å². The number of rotatable bonds is 3. The summed E-state index contributed by atoms with van der Waals surface area (Å²) in [7, 11) is 0. The van der Waals surface area contributed by atoms with E-state index in [0.29, 0.717) is 0 Å². The van der Waals surface area contributed by atoms with Crippen molar-refractivity contribution in [2.75, 3.05) is 0 Å². The van der Waals surface area contributed by atoms with Gasteiger partial charge in [-0.15, -0.1) is 0 Å². The van der Waals surface area contributed by atoms with Crippen molar-refractivity contribution in [1.29, 1.82) is 0 Å². The van der Waals surface area contributed by atoms with Crippen molar-refractivity contribution in [3.05, 3.63) is 54.1 Å². The van der Waals surface area contributed by atoms with Crippen LogP contribution in [0.2, 0.25) is 0 Å². The Balaban J connectivity index is 2.32. The number of benzene rings is 2. The van der Waals surface area contributed by atoms with Crippen LogP contribution in [0.25, 0.3) is 0 Å². The summed E-state index contributed by atoms with van der Waals surface area (Å²) in [5, 5.41) is 0. The fraction of sp³-hybridized carbons (Fsp3) is 0.0769. The Morgan fingerprint density at radius 1 is 1.06 bits per heavy atom. The molecule has 2 aromatic carbocycles. The van der Waals surface area contributed by atoms with Gasteiger partial charge in [0.1, 0.15) is 0 Å². The molecule has 0 aliphatic rings. The summed E-state index contributed by atoms with van der Waals surface area (Å²) in [4.78, 5) is 3.51. The van der Waals surface area contributed by atoms with Crippen LogP contribution >= 0.6 is 26.6 Å². The van der Waals surface area contributed by atoms with Crippen molar-refractivity contribution in [1.82, 2.24) is 0 Å². The van der Waals surface area contributed by atoms with Gasteiger partial charge >= 0.3 is 0 Å². The monoisotopic (exact) mass is 374 g/mol. The fourth-order valence-electron chi connectivity index (χ4n) is 1.50. The van der Waals surface area contributed by atoms with Crippen LogP contribution in [0.3, 0.4) is 0 Å². The Hall–Kier alpha value is 0.0600. The molecule has 0 amide bonds. The first kappa shape index (κ1) is 14.5. The predicted molar refractivity (Wildman–Crippen MR) is 91.0 cm³/mol. The van der Waals surface area contributed by atoms with E-state index in [1.165, 1.54) is 15.4 Å².